The van der Waals surface area contributed by atoms with E-state index in [4.69, 9.17) is 14.2 Å². The summed E-state index contributed by atoms with van der Waals surface area (Å²) in [6, 6.07) is 22.7. The molecule has 0 atom stereocenters. The van der Waals surface area contributed by atoms with E-state index in [1.165, 1.54) is 14.2 Å². The molecule has 6 nitrogen and oxygen atoms in total. The highest BCUT2D eigenvalue weighted by Crippen LogP contribution is 2.29. The lowest BCUT2D eigenvalue weighted by molar-refractivity contribution is -0.146. The Balaban J connectivity index is 1.49. The smallest absolute Gasteiger partial charge is 0.310 e. The third-order valence-corrected chi connectivity index (χ3v) is 4.44. The van der Waals surface area contributed by atoms with Gasteiger partial charge in [-0.15, -0.1) is 0 Å². The molecule has 0 unspecified atom stereocenters. The van der Waals surface area contributed by atoms with Gasteiger partial charge in [-0.25, -0.2) is 0 Å². The topological polar surface area (TPSA) is 73.9 Å². The van der Waals surface area contributed by atoms with E-state index in [0.717, 1.165) is 16.7 Å². The monoisotopic (exact) mass is 405 g/mol. The average Bonchev–Trinajstić information content (AvgIpc) is 2.78. The summed E-state index contributed by atoms with van der Waals surface area (Å²) in [4.78, 5) is 24.1. The van der Waals surface area contributed by atoms with E-state index in [9.17, 15) is 9.59 Å². The number of ether oxygens (including phenoxy) is 3. The standard InChI is InChI=1S/C24H23NO5/c1-28-21-13-12-20(15-22(21)29-2)25-23(26)16-30-24(27)14-17-8-10-19(11-9-17)18-6-4-3-5-7-18/h3-13,15H,14,16H2,1-2H3,(H,25,26). The number of carbonyl (C=O) groups is 2. The Bertz CT molecular complexity index is 1000. The minimum atomic E-state index is -0.468. The molecule has 6 heteroatoms. The summed E-state index contributed by atoms with van der Waals surface area (Å²) in [6.07, 6.45) is 0.0959. The van der Waals surface area contributed by atoms with E-state index in [1.807, 2.05) is 54.6 Å². The molecule has 0 aromatic heterocycles. The fourth-order valence-electron chi connectivity index (χ4n) is 2.92. The van der Waals surface area contributed by atoms with Gasteiger partial charge in [0.25, 0.3) is 5.91 Å². The third kappa shape index (κ3) is 5.61. The van der Waals surface area contributed by atoms with Gasteiger partial charge in [0.15, 0.2) is 18.1 Å². The van der Waals surface area contributed by atoms with Crippen LogP contribution < -0.4 is 14.8 Å². The first-order chi connectivity index (χ1) is 14.6. The average molecular weight is 405 g/mol. The second-order valence-electron chi connectivity index (χ2n) is 6.52. The number of benzene rings is 3. The fraction of sp³-hybridized carbons (Fsp3) is 0.167. The molecule has 30 heavy (non-hydrogen) atoms. The molecule has 0 aliphatic carbocycles. The van der Waals surface area contributed by atoms with Crippen molar-refractivity contribution in [1.82, 2.24) is 0 Å². The molecule has 0 saturated heterocycles. The Labute approximate surface area is 175 Å². The van der Waals surface area contributed by atoms with Gasteiger partial charge < -0.3 is 19.5 Å². The van der Waals surface area contributed by atoms with Gasteiger partial charge in [-0.05, 0) is 28.8 Å². The van der Waals surface area contributed by atoms with Crippen LogP contribution in [0.2, 0.25) is 0 Å². The molecule has 0 radical (unpaired) electrons. The summed E-state index contributed by atoms with van der Waals surface area (Å²) in [7, 11) is 3.04. The van der Waals surface area contributed by atoms with Gasteiger partial charge in [0, 0.05) is 11.8 Å². The van der Waals surface area contributed by atoms with Gasteiger partial charge in [-0.3, -0.25) is 9.59 Å². The molecular formula is C24H23NO5. The summed E-state index contributed by atoms with van der Waals surface area (Å²) < 4.78 is 15.4. The van der Waals surface area contributed by atoms with Crippen LogP contribution in [0.4, 0.5) is 5.69 Å². The number of hydrogen-bond donors (Lipinski definition) is 1. The minimum Gasteiger partial charge on any atom is -0.493 e. The Hall–Kier alpha value is -3.80. The number of carbonyl (C=O) groups excluding carboxylic acids is 2. The number of methoxy groups -OCH3 is 2. The van der Waals surface area contributed by atoms with E-state index in [-0.39, 0.29) is 13.0 Å². The molecule has 1 N–H and O–H groups in total. The highest BCUT2D eigenvalue weighted by atomic mass is 16.5. The molecule has 1 amide bonds. The first-order valence-electron chi connectivity index (χ1n) is 9.41. The summed E-state index contributed by atoms with van der Waals surface area (Å²) in [5.41, 5.74) is 3.52. The second-order valence-corrected chi connectivity index (χ2v) is 6.52. The van der Waals surface area contributed by atoms with Crippen molar-refractivity contribution in [3.63, 3.8) is 0 Å². The predicted octanol–water partition coefficient (Wildman–Crippen LogP) is 4.10. The van der Waals surface area contributed by atoms with Crippen LogP contribution in [0.15, 0.2) is 72.8 Å². The quantitative estimate of drug-likeness (QED) is 0.571. The number of nitrogens with one attached hydrogen (secondary N) is 1. The molecular weight excluding hydrogens is 382 g/mol. The molecule has 0 heterocycles. The van der Waals surface area contributed by atoms with E-state index < -0.39 is 11.9 Å². The summed E-state index contributed by atoms with van der Waals surface area (Å²) in [5, 5.41) is 2.66. The highest BCUT2D eigenvalue weighted by Gasteiger charge is 2.11. The van der Waals surface area contributed by atoms with E-state index in [1.54, 1.807) is 18.2 Å². The molecule has 0 aliphatic rings. The van der Waals surface area contributed by atoms with Crippen molar-refractivity contribution >= 4 is 17.6 Å². The van der Waals surface area contributed by atoms with Crippen molar-refractivity contribution in [2.75, 3.05) is 26.1 Å². The van der Waals surface area contributed by atoms with E-state index in [2.05, 4.69) is 5.32 Å². The first kappa shape index (κ1) is 20.9. The Morgan fingerprint density at radius 3 is 2.13 bits per heavy atom. The van der Waals surface area contributed by atoms with Crippen LogP contribution in [0.5, 0.6) is 11.5 Å². The summed E-state index contributed by atoms with van der Waals surface area (Å²) in [5.74, 6) is 0.145. The van der Waals surface area contributed by atoms with Crippen molar-refractivity contribution in [3.05, 3.63) is 78.4 Å². The van der Waals surface area contributed by atoms with E-state index in [0.29, 0.717) is 17.2 Å². The van der Waals surface area contributed by atoms with Gasteiger partial charge in [0.2, 0.25) is 0 Å². The summed E-state index contributed by atoms with van der Waals surface area (Å²) in [6.45, 7) is -0.366. The van der Waals surface area contributed by atoms with Crippen LogP contribution >= 0.6 is 0 Å². The summed E-state index contributed by atoms with van der Waals surface area (Å²) >= 11 is 0. The van der Waals surface area contributed by atoms with Gasteiger partial charge in [-0.2, -0.15) is 0 Å². The van der Waals surface area contributed by atoms with Crippen LogP contribution in [0, 0.1) is 0 Å². The molecule has 0 aliphatic heterocycles. The maximum atomic E-state index is 12.1. The van der Waals surface area contributed by atoms with Crippen LogP contribution in [0.25, 0.3) is 11.1 Å². The van der Waals surface area contributed by atoms with Crippen molar-refractivity contribution in [2.45, 2.75) is 6.42 Å². The van der Waals surface area contributed by atoms with Crippen LogP contribution in [0.3, 0.4) is 0 Å². The molecule has 0 spiro atoms. The zero-order valence-corrected chi connectivity index (χ0v) is 16.9. The van der Waals surface area contributed by atoms with Gasteiger partial charge in [0.1, 0.15) is 0 Å². The van der Waals surface area contributed by atoms with Crippen LogP contribution in [-0.2, 0) is 20.7 Å². The van der Waals surface area contributed by atoms with Crippen molar-refractivity contribution in [1.29, 1.82) is 0 Å². The SMILES string of the molecule is COc1ccc(NC(=O)COC(=O)Cc2ccc(-c3ccccc3)cc2)cc1OC. The van der Waals surface area contributed by atoms with Gasteiger partial charge in [0.05, 0.1) is 20.6 Å². The minimum absolute atomic E-state index is 0.0959. The predicted molar refractivity (Wildman–Crippen MR) is 115 cm³/mol. The number of hydrogen-bond acceptors (Lipinski definition) is 5. The van der Waals surface area contributed by atoms with Gasteiger partial charge >= 0.3 is 5.97 Å². The number of esters is 1. The highest BCUT2D eigenvalue weighted by molar-refractivity contribution is 5.93. The molecule has 0 saturated carbocycles. The molecule has 154 valence electrons. The third-order valence-electron chi connectivity index (χ3n) is 4.44. The normalized spacial score (nSPS) is 10.2. The maximum absolute atomic E-state index is 12.1. The fourth-order valence-corrected chi connectivity index (χ4v) is 2.92. The lowest BCUT2D eigenvalue weighted by Crippen LogP contribution is -2.21. The number of amides is 1. The zero-order chi connectivity index (χ0) is 21.3. The molecule has 0 bridgehead atoms. The van der Waals surface area contributed by atoms with Crippen LogP contribution in [-0.4, -0.2) is 32.7 Å². The molecule has 0 fully saturated rings. The van der Waals surface area contributed by atoms with Crippen LogP contribution in [0.1, 0.15) is 5.56 Å². The lowest BCUT2D eigenvalue weighted by Gasteiger charge is -2.11. The molecule has 3 aromatic rings. The maximum Gasteiger partial charge on any atom is 0.310 e. The number of anilines is 1. The largest absolute Gasteiger partial charge is 0.493 e. The van der Waals surface area contributed by atoms with Gasteiger partial charge in [-0.1, -0.05) is 54.6 Å². The number of rotatable bonds is 8. The molecule has 3 rings (SSSR count). The van der Waals surface area contributed by atoms with Crippen molar-refractivity contribution in [3.8, 4) is 22.6 Å². The lowest BCUT2D eigenvalue weighted by atomic mass is 10.0. The first-order valence-corrected chi connectivity index (χ1v) is 9.41. The Morgan fingerprint density at radius 2 is 1.47 bits per heavy atom. The Morgan fingerprint density at radius 1 is 0.800 bits per heavy atom. The van der Waals surface area contributed by atoms with Crippen molar-refractivity contribution < 1.29 is 23.8 Å². The molecule has 3 aromatic carbocycles. The second kappa shape index (κ2) is 10.1. The zero-order valence-electron chi connectivity index (χ0n) is 16.9. The Kier molecular flexibility index (Phi) is 7.05. The van der Waals surface area contributed by atoms with E-state index >= 15 is 0 Å². The van der Waals surface area contributed by atoms with Crippen molar-refractivity contribution in [2.24, 2.45) is 0 Å².